The molecule has 2 N–H and O–H groups in total. The summed E-state index contributed by atoms with van der Waals surface area (Å²) >= 11 is 0. The minimum atomic E-state index is -2.10. The van der Waals surface area contributed by atoms with Crippen molar-refractivity contribution in [2.24, 2.45) is 4.99 Å². The largest absolute Gasteiger partial charge is 0.478 e. The summed E-state index contributed by atoms with van der Waals surface area (Å²) in [5.74, 6) is -3.87. The molecule has 2 aromatic rings. The van der Waals surface area contributed by atoms with Crippen molar-refractivity contribution in [2.45, 2.75) is 12.7 Å². The van der Waals surface area contributed by atoms with Crippen LogP contribution in [0.25, 0.3) is 0 Å². The van der Waals surface area contributed by atoms with Crippen molar-refractivity contribution in [3.63, 3.8) is 0 Å². The number of anilines is 1. The highest BCUT2D eigenvalue weighted by molar-refractivity contribution is 5.93. The van der Waals surface area contributed by atoms with Crippen LogP contribution in [-0.2, 0) is 6.54 Å². The van der Waals surface area contributed by atoms with Crippen molar-refractivity contribution >= 4 is 18.0 Å². The van der Waals surface area contributed by atoms with E-state index in [1.54, 1.807) is 0 Å². The number of nitrogens with zero attached hydrogens (tertiary/aromatic N) is 1. The SMILES string of the molecule is O=C(O)c1cc2c(cc1C(F)c1cccc(F)c1F)CN=CN2. The summed E-state index contributed by atoms with van der Waals surface area (Å²) in [7, 11) is 0. The highest BCUT2D eigenvalue weighted by Gasteiger charge is 2.26. The number of fused-ring (bicyclic) bond motifs is 1. The minimum Gasteiger partial charge on any atom is -0.478 e. The second-order valence-corrected chi connectivity index (χ2v) is 5.02. The first-order valence-electron chi connectivity index (χ1n) is 6.72. The van der Waals surface area contributed by atoms with Crippen molar-refractivity contribution in [1.29, 1.82) is 0 Å². The quantitative estimate of drug-likeness (QED) is 0.907. The third-order valence-electron chi connectivity index (χ3n) is 3.61. The Morgan fingerprint density at radius 2 is 2.04 bits per heavy atom. The molecule has 1 heterocycles. The van der Waals surface area contributed by atoms with E-state index in [4.69, 9.17) is 0 Å². The second-order valence-electron chi connectivity index (χ2n) is 5.02. The van der Waals surface area contributed by atoms with E-state index >= 15 is 0 Å². The van der Waals surface area contributed by atoms with Crippen molar-refractivity contribution in [1.82, 2.24) is 0 Å². The van der Waals surface area contributed by atoms with E-state index in [9.17, 15) is 23.1 Å². The van der Waals surface area contributed by atoms with Gasteiger partial charge in [0.25, 0.3) is 0 Å². The van der Waals surface area contributed by atoms with Gasteiger partial charge in [-0.25, -0.2) is 18.0 Å². The maximum atomic E-state index is 14.8. The van der Waals surface area contributed by atoms with Gasteiger partial charge in [-0.1, -0.05) is 12.1 Å². The van der Waals surface area contributed by atoms with Gasteiger partial charge in [-0.05, 0) is 23.8 Å². The highest BCUT2D eigenvalue weighted by atomic mass is 19.2. The first-order valence-corrected chi connectivity index (χ1v) is 6.72. The molecule has 0 fully saturated rings. The van der Waals surface area contributed by atoms with E-state index < -0.39 is 29.3 Å². The molecule has 0 radical (unpaired) electrons. The molecule has 0 saturated carbocycles. The van der Waals surface area contributed by atoms with E-state index in [1.165, 1.54) is 24.5 Å². The zero-order valence-corrected chi connectivity index (χ0v) is 11.7. The Labute approximate surface area is 129 Å². The molecule has 7 heteroatoms. The van der Waals surface area contributed by atoms with Gasteiger partial charge in [0.1, 0.15) is 0 Å². The van der Waals surface area contributed by atoms with Crippen LogP contribution < -0.4 is 5.32 Å². The summed E-state index contributed by atoms with van der Waals surface area (Å²) in [5, 5.41) is 12.1. The summed E-state index contributed by atoms with van der Waals surface area (Å²) in [6.07, 6.45) is -0.694. The smallest absolute Gasteiger partial charge is 0.336 e. The fraction of sp³-hybridized carbons (Fsp3) is 0.125. The molecule has 0 aromatic heterocycles. The van der Waals surface area contributed by atoms with Gasteiger partial charge in [-0.2, -0.15) is 0 Å². The molecule has 1 aliphatic rings. The number of hydrogen-bond acceptors (Lipinski definition) is 3. The van der Waals surface area contributed by atoms with E-state index in [1.807, 2.05) is 0 Å². The Kier molecular flexibility index (Phi) is 3.77. The van der Waals surface area contributed by atoms with Crippen molar-refractivity contribution in [2.75, 3.05) is 5.32 Å². The molecule has 3 rings (SSSR count). The Morgan fingerprint density at radius 3 is 2.78 bits per heavy atom. The fourth-order valence-electron chi connectivity index (χ4n) is 2.47. The Morgan fingerprint density at radius 1 is 1.26 bits per heavy atom. The van der Waals surface area contributed by atoms with Gasteiger partial charge in [0.15, 0.2) is 17.8 Å². The number of aliphatic imine (C=N–C) groups is 1. The Hall–Kier alpha value is -2.83. The molecule has 118 valence electrons. The van der Waals surface area contributed by atoms with Gasteiger partial charge in [0.2, 0.25) is 0 Å². The van der Waals surface area contributed by atoms with Gasteiger partial charge in [-0.3, -0.25) is 4.99 Å². The molecule has 0 bridgehead atoms. The fourth-order valence-corrected chi connectivity index (χ4v) is 2.47. The summed E-state index contributed by atoms with van der Waals surface area (Å²) in [4.78, 5) is 15.4. The van der Waals surface area contributed by atoms with Crippen LogP contribution in [-0.4, -0.2) is 17.4 Å². The summed E-state index contributed by atoms with van der Waals surface area (Å²) in [6, 6.07) is 5.71. The molecule has 4 nitrogen and oxygen atoms in total. The lowest BCUT2D eigenvalue weighted by Crippen LogP contribution is -2.12. The summed E-state index contributed by atoms with van der Waals surface area (Å²) in [5.41, 5.74) is -0.0258. The highest BCUT2D eigenvalue weighted by Crippen LogP contribution is 2.35. The summed E-state index contributed by atoms with van der Waals surface area (Å²) in [6.45, 7) is 0.244. The zero-order valence-electron chi connectivity index (χ0n) is 11.7. The number of carbonyl (C=O) groups is 1. The molecule has 0 amide bonds. The van der Waals surface area contributed by atoms with Crippen LogP contribution in [0.5, 0.6) is 0 Å². The first-order chi connectivity index (χ1) is 11.0. The predicted octanol–water partition coefficient (Wildman–Crippen LogP) is 3.68. The molecule has 0 spiro atoms. The second kappa shape index (κ2) is 5.75. The number of aromatic carboxylic acids is 1. The van der Waals surface area contributed by atoms with Gasteiger partial charge < -0.3 is 10.4 Å². The van der Waals surface area contributed by atoms with Gasteiger partial charge >= 0.3 is 5.97 Å². The zero-order chi connectivity index (χ0) is 16.6. The number of carboxylic acids is 1. The lowest BCUT2D eigenvalue weighted by Gasteiger charge is -2.18. The van der Waals surface area contributed by atoms with Crippen molar-refractivity contribution in [3.05, 3.63) is 64.2 Å². The van der Waals surface area contributed by atoms with Crippen LogP contribution in [0.3, 0.4) is 0 Å². The molecule has 0 saturated heterocycles. The predicted molar refractivity (Wildman–Crippen MR) is 78.5 cm³/mol. The first kappa shape index (κ1) is 15.1. The molecule has 23 heavy (non-hydrogen) atoms. The third kappa shape index (κ3) is 2.65. The van der Waals surface area contributed by atoms with Crippen molar-refractivity contribution in [3.8, 4) is 0 Å². The lowest BCUT2D eigenvalue weighted by molar-refractivity contribution is 0.0694. The van der Waals surface area contributed by atoms with Crippen LogP contribution in [0.1, 0.15) is 33.2 Å². The number of carboxylic acid groups (broad SMARTS) is 1. The van der Waals surface area contributed by atoms with Crippen LogP contribution in [0, 0.1) is 11.6 Å². The van der Waals surface area contributed by atoms with Crippen molar-refractivity contribution < 1.29 is 23.1 Å². The van der Waals surface area contributed by atoms with Gasteiger partial charge in [0.05, 0.1) is 18.4 Å². The average Bonchev–Trinajstić information content (AvgIpc) is 2.55. The van der Waals surface area contributed by atoms with Crippen LogP contribution in [0.4, 0.5) is 18.9 Å². The molecule has 1 aliphatic heterocycles. The van der Waals surface area contributed by atoms with E-state index in [0.29, 0.717) is 11.3 Å². The van der Waals surface area contributed by atoms with Gasteiger partial charge in [0, 0.05) is 16.8 Å². The molecule has 0 aliphatic carbocycles. The number of alkyl halides is 1. The Bertz CT molecular complexity index is 821. The average molecular weight is 320 g/mol. The van der Waals surface area contributed by atoms with E-state index in [2.05, 4.69) is 10.3 Å². The number of benzene rings is 2. The molecule has 1 atom stereocenters. The normalized spacial score (nSPS) is 14.0. The number of nitrogens with one attached hydrogen (secondary N) is 1. The lowest BCUT2D eigenvalue weighted by atomic mass is 9.94. The molecular weight excluding hydrogens is 309 g/mol. The Balaban J connectivity index is 2.15. The summed E-state index contributed by atoms with van der Waals surface area (Å²) < 4.78 is 41.9. The topological polar surface area (TPSA) is 61.7 Å². The molecular formula is C16H11F3N2O2. The third-order valence-corrected chi connectivity index (χ3v) is 3.61. The van der Waals surface area contributed by atoms with Crippen LogP contribution in [0.2, 0.25) is 0 Å². The van der Waals surface area contributed by atoms with E-state index in [-0.39, 0.29) is 17.7 Å². The number of rotatable bonds is 3. The van der Waals surface area contributed by atoms with Gasteiger partial charge in [-0.15, -0.1) is 0 Å². The molecule has 1 unspecified atom stereocenters. The maximum Gasteiger partial charge on any atom is 0.336 e. The van der Waals surface area contributed by atoms with Crippen LogP contribution in [0.15, 0.2) is 35.3 Å². The number of hydrogen-bond donors (Lipinski definition) is 2. The monoisotopic (exact) mass is 320 g/mol. The molecule has 2 aromatic carbocycles. The maximum absolute atomic E-state index is 14.8. The minimum absolute atomic E-state index is 0.236. The van der Waals surface area contributed by atoms with Crippen LogP contribution >= 0.6 is 0 Å². The standard InChI is InChI=1S/C16H11F3N2O2/c17-12-3-1-2-9(15(12)19)14(18)10-4-8-6-20-7-21-13(8)5-11(10)16(22)23/h1-5,7,14H,6H2,(H,20,21)(H,22,23). The number of halogens is 3. The van der Waals surface area contributed by atoms with E-state index in [0.717, 1.165) is 12.1 Å².